The first-order chi connectivity index (χ1) is 28.2. The highest BCUT2D eigenvalue weighted by molar-refractivity contribution is 6.22. The van der Waals surface area contributed by atoms with Gasteiger partial charge in [0.2, 0.25) is 0 Å². The molecule has 0 spiro atoms. The third-order valence-electron chi connectivity index (χ3n) is 7.96. The molecule has 0 atom stereocenters. The van der Waals surface area contributed by atoms with Crippen molar-refractivity contribution in [3.8, 4) is 44.5 Å². The summed E-state index contributed by atoms with van der Waals surface area (Å²) in [6, 6.07) is 17.2. The fourth-order valence-electron chi connectivity index (χ4n) is 5.92. The Morgan fingerprint density at radius 3 is 1.38 bits per heavy atom. The van der Waals surface area contributed by atoms with E-state index in [1.807, 2.05) is 36.4 Å². The van der Waals surface area contributed by atoms with E-state index in [4.69, 9.17) is 12.6 Å². The lowest BCUT2D eigenvalue weighted by Gasteiger charge is -2.18. The van der Waals surface area contributed by atoms with Crippen LogP contribution >= 0.6 is 0 Å². The van der Waals surface area contributed by atoms with E-state index < -0.39 is 78.1 Å². The second-order valence-electron chi connectivity index (χ2n) is 10.6. The first-order valence-corrected chi connectivity index (χ1v) is 14.3. The number of benzene rings is 8. The summed E-state index contributed by atoms with van der Waals surface area (Å²) in [5.41, 5.74) is 1.22. The van der Waals surface area contributed by atoms with Crippen LogP contribution in [0.3, 0.4) is 0 Å². The van der Waals surface area contributed by atoms with Crippen LogP contribution in [0.25, 0.3) is 88.0 Å². The second kappa shape index (κ2) is 10.4. The average Bonchev–Trinajstić information content (AvgIpc) is 3.67. The molecule has 0 fully saturated rings. The molecular weight excluding hydrogens is 544 g/mol. The predicted octanol–water partition coefficient (Wildman–Crippen LogP) is 12.6. The molecule has 9 rings (SSSR count). The molecule has 0 amide bonds. The molecule has 1 aromatic heterocycles. The van der Waals surface area contributed by atoms with Crippen LogP contribution in [-0.4, -0.2) is 0 Å². The van der Waals surface area contributed by atoms with Crippen molar-refractivity contribution in [1.82, 2.24) is 0 Å². The van der Waals surface area contributed by atoms with E-state index in [1.165, 1.54) is 0 Å². The van der Waals surface area contributed by atoms with Crippen molar-refractivity contribution in [1.29, 1.82) is 0 Å². The van der Waals surface area contributed by atoms with Crippen LogP contribution in [0.2, 0.25) is 0 Å². The normalized spacial score (nSPS) is 15.9. The third kappa shape index (κ3) is 4.24. The molecule has 0 unspecified atom stereocenters. The molecule has 0 aliphatic carbocycles. The third-order valence-corrected chi connectivity index (χ3v) is 7.96. The van der Waals surface area contributed by atoms with E-state index in [9.17, 15) is 11.0 Å². The van der Waals surface area contributed by atoms with E-state index >= 15 is 0 Å². The molecule has 1 heteroatoms. The smallest absolute Gasteiger partial charge is 0.135 e. The average molecular weight is 587 g/mol. The summed E-state index contributed by atoms with van der Waals surface area (Å²) in [6.45, 7) is 0. The van der Waals surface area contributed by atoms with E-state index in [0.717, 1.165) is 11.1 Å². The summed E-state index contributed by atoms with van der Waals surface area (Å²) in [7, 11) is 0. The maximum absolute atomic E-state index is 9.80. The van der Waals surface area contributed by atoms with Crippen molar-refractivity contribution in [2.24, 2.45) is 0 Å². The van der Waals surface area contributed by atoms with Crippen LogP contribution in [0, 0.1) is 0 Å². The zero-order valence-corrected chi connectivity index (χ0v) is 23.5. The van der Waals surface area contributed by atoms with Gasteiger partial charge in [-0.15, -0.1) is 0 Å². The fourth-order valence-corrected chi connectivity index (χ4v) is 5.92. The number of rotatable bonds is 4. The molecule has 0 saturated heterocycles. The summed E-state index contributed by atoms with van der Waals surface area (Å²) in [6.07, 6.45) is 0. The van der Waals surface area contributed by atoms with Gasteiger partial charge in [-0.2, -0.15) is 0 Å². The number of hydrogen-bond donors (Lipinski definition) is 0. The Kier molecular flexibility index (Phi) is 3.50. The lowest BCUT2D eigenvalue weighted by atomic mass is 9.85. The standard InChI is InChI=1S/C44H28O/c1-3-12-29(13-4-1)31-16-11-17-33(26-31)43-35-18-7-9-20-37(35)44(38-21-10-8-19-36(38)43)34-23-25-42-40(28-34)39-27-32(22-24-41(39)45-42)30-14-5-2-6-15-30/h1-28H/i7D,8D,9D,10D,18D,19D,20D,21D,22D,23D,24D,25D,27D,28D. The first kappa shape index (κ1) is 15.2. The zero-order chi connectivity index (χ0) is 41.9. The second-order valence-corrected chi connectivity index (χ2v) is 10.6. The largest absolute Gasteiger partial charge is 0.456 e. The SMILES string of the molecule is [2H]c1c(-c2ccccc2)c([2H])c2c(oc3c([2H])c([2H])c(-c4c5c([2H])c([2H])c([2H])c([2H])c5c(-c5cccc(-c6ccccc6)c5)c5c([2H])c([2H])c([2H])c([2H])c45)c([2H])c32)c1[2H]. The van der Waals surface area contributed by atoms with Gasteiger partial charge < -0.3 is 4.42 Å². The van der Waals surface area contributed by atoms with Crippen LogP contribution in [0.5, 0.6) is 0 Å². The van der Waals surface area contributed by atoms with Crippen LogP contribution in [0.1, 0.15) is 19.2 Å². The Balaban J connectivity index is 1.54. The Hall–Kier alpha value is -5.92. The number of fused-ring (bicyclic) bond motifs is 5. The van der Waals surface area contributed by atoms with Crippen molar-refractivity contribution >= 4 is 43.5 Å². The minimum Gasteiger partial charge on any atom is -0.456 e. The van der Waals surface area contributed by atoms with Crippen LogP contribution in [0.15, 0.2) is 174 Å². The Labute approximate surface area is 281 Å². The van der Waals surface area contributed by atoms with E-state index in [-0.39, 0.29) is 72.3 Å². The van der Waals surface area contributed by atoms with Crippen molar-refractivity contribution in [2.75, 3.05) is 0 Å². The highest BCUT2D eigenvalue weighted by Gasteiger charge is 2.18. The van der Waals surface area contributed by atoms with Gasteiger partial charge in [-0.1, -0.05) is 139 Å². The van der Waals surface area contributed by atoms with Crippen molar-refractivity contribution in [3.63, 3.8) is 0 Å². The van der Waals surface area contributed by atoms with E-state index in [1.54, 1.807) is 48.5 Å². The monoisotopic (exact) mass is 586 g/mol. The van der Waals surface area contributed by atoms with Crippen molar-refractivity contribution in [2.45, 2.75) is 0 Å². The predicted molar refractivity (Wildman–Crippen MR) is 190 cm³/mol. The Morgan fingerprint density at radius 1 is 0.356 bits per heavy atom. The molecule has 1 heterocycles. The molecule has 0 aliphatic rings. The molecule has 45 heavy (non-hydrogen) atoms. The maximum Gasteiger partial charge on any atom is 0.135 e. The van der Waals surface area contributed by atoms with Gasteiger partial charge in [0.05, 0.1) is 19.2 Å². The first-order valence-electron chi connectivity index (χ1n) is 21.3. The summed E-state index contributed by atoms with van der Waals surface area (Å²) in [5, 5.41) is -1.01. The molecule has 8 aromatic carbocycles. The van der Waals surface area contributed by atoms with Crippen LogP contribution in [-0.2, 0) is 0 Å². The molecule has 0 radical (unpaired) electrons. The molecular formula is C44H28O. The molecule has 0 saturated carbocycles. The molecule has 9 aromatic rings. The summed E-state index contributed by atoms with van der Waals surface area (Å²) < 4.78 is 134. The Morgan fingerprint density at radius 2 is 0.800 bits per heavy atom. The molecule has 0 bridgehead atoms. The van der Waals surface area contributed by atoms with Gasteiger partial charge in [0.15, 0.2) is 0 Å². The Bertz CT molecular complexity index is 3220. The molecule has 0 N–H and O–H groups in total. The highest BCUT2D eigenvalue weighted by Crippen LogP contribution is 2.45. The van der Waals surface area contributed by atoms with Crippen molar-refractivity contribution < 1.29 is 23.6 Å². The molecule has 210 valence electrons. The minimum atomic E-state index is -0.672. The molecule has 0 aliphatic heterocycles. The lowest BCUT2D eigenvalue weighted by molar-refractivity contribution is 0.669. The van der Waals surface area contributed by atoms with Gasteiger partial charge in [0.1, 0.15) is 11.2 Å². The van der Waals surface area contributed by atoms with Gasteiger partial charge in [0.25, 0.3) is 0 Å². The number of hydrogen-bond acceptors (Lipinski definition) is 1. The van der Waals surface area contributed by atoms with Crippen LogP contribution < -0.4 is 0 Å². The van der Waals surface area contributed by atoms with Crippen molar-refractivity contribution in [3.05, 3.63) is 170 Å². The minimum absolute atomic E-state index is 0.0643. The lowest BCUT2D eigenvalue weighted by Crippen LogP contribution is -1.91. The van der Waals surface area contributed by atoms with Gasteiger partial charge >= 0.3 is 0 Å². The topological polar surface area (TPSA) is 13.1 Å². The highest BCUT2D eigenvalue weighted by atomic mass is 16.3. The fraction of sp³-hybridized carbons (Fsp3) is 0. The summed E-state index contributed by atoms with van der Waals surface area (Å²) in [4.78, 5) is 0. The van der Waals surface area contributed by atoms with Crippen LogP contribution in [0.4, 0.5) is 0 Å². The maximum atomic E-state index is 9.80. The van der Waals surface area contributed by atoms with Gasteiger partial charge in [0, 0.05) is 10.8 Å². The number of furan rings is 1. The molecule has 1 nitrogen and oxygen atoms in total. The van der Waals surface area contributed by atoms with E-state index in [0.29, 0.717) is 11.1 Å². The zero-order valence-electron chi connectivity index (χ0n) is 37.5. The van der Waals surface area contributed by atoms with Gasteiger partial charge in [-0.25, -0.2) is 0 Å². The summed E-state index contributed by atoms with van der Waals surface area (Å²) >= 11 is 0. The summed E-state index contributed by atoms with van der Waals surface area (Å²) in [5.74, 6) is 0. The quantitative estimate of drug-likeness (QED) is 0.187. The van der Waals surface area contributed by atoms with Gasteiger partial charge in [-0.05, 0) is 96.3 Å². The van der Waals surface area contributed by atoms with Gasteiger partial charge in [-0.3, -0.25) is 0 Å². The van der Waals surface area contributed by atoms with E-state index in [2.05, 4.69) is 0 Å².